The summed E-state index contributed by atoms with van der Waals surface area (Å²) in [5.41, 5.74) is 8.11. The van der Waals surface area contributed by atoms with Gasteiger partial charge in [-0.2, -0.15) is 0 Å². The molecule has 0 spiro atoms. The van der Waals surface area contributed by atoms with Gasteiger partial charge in [0.2, 0.25) is 5.91 Å². The molecule has 1 unspecified atom stereocenters. The monoisotopic (exact) mass is 528 g/mol. The summed E-state index contributed by atoms with van der Waals surface area (Å²) in [6.07, 6.45) is 5.69. The number of ether oxygens (including phenoxy) is 2. The van der Waals surface area contributed by atoms with E-state index in [1.807, 2.05) is 60.7 Å². The maximum absolute atomic E-state index is 12.6. The van der Waals surface area contributed by atoms with Gasteiger partial charge in [0.15, 0.2) is 0 Å². The molecule has 2 aliphatic rings. The fourth-order valence-electron chi connectivity index (χ4n) is 4.31. The number of aliphatic imine (C=N–C) groups is 1. The number of para-hydroxylation sites is 1. The Balaban J connectivity index is 1.41. The molecule has 0 bridgehead atoms. The van der Waals surface area contributed by atoms with E-state index in [1.54, 1.807) is 17.9 Å². The number of nitrogens with one attached hydrogen (secondary N) is 3. The normalized spacial score (nSPS) is 18.4. The van der Waals surface area contributed by atoms with Gasteiger partial charge in [0.05, 0.1) is 36.6 Å². The second kappa shape index (κ2) is 13.5. The van der Waals surface area contributed by atoms with Crippen molar-refractivity contribution in [2.45, 2.75) is 25.4 Å². The first kappa shape index (κ1) is 27.8. The highest BCUT2D eigenvalue weighted by Crippen LogP contribution is 2.23. The second-order valence-electron chi connectivity index (χ2n) is 9.47. The van der Waals surface area contributed by atoms with Crippen molar-refractivity contribution in [3.8, 4) is 11.5 Å². The highest BCUT2D eigenvalue weighted by Gasteiger charge is 2.26. The van der Waals surface area contributed by atoms with Gasteiger partial charge in [0.1, 0.15) is 17.3 Å². The van der Waals surface area contributed by atoms with Crippen molar-refractivity contribution >= 4 is 17.5 Å². The number of amidine groups is 1. The van der Waals surface area contributed by atoms with Crippen molar-refractivity contribution in [3.05, 3.63) is 96.4 Å². The van der Waals surface area contributed by atoms with Gasteiger partial charge in [-0.15, -0.1) is 0 Å². The highest BCUT2D eigenvalue weighted by molar-refractivity contribution is 6.29. The summed E-state index contributed by atoms with van der Waals surface area (Å²) in [5.74, 6) is 1.84. The Morgan fingerprint density at radius 3 is 2.56 bits per heavy atom. The molecule has 2 saturated heterocycles. The molecule has 204 valence electrons. The third-order valence-electron chi connectivity index (χ3n) is 6.45. The van der Waals surface area contributed by atoms with E-state index < -0.39 is 0 Å². The van der Waals surface area contributed by atoms with E-state index in [-0.39, 0.29) is 17.7 Å². The van der Waals surface area contributed by atoms with Gasteiger partial charge >= 0.3 is 0 Å². The van der Waals surface area contributed by atoms with Crippen LogP contribution in [-0.2, 0) is 9.53 Å². The summed E-state index contributed by atoms with van der Waals surface area (Å²) in [5, 5.41) is 15.3. The Hall–Kier alpha value is -4.21. The minimum absolute atomic E-state index is 0.0334. The average molecular weight is 529 g/mol. The van der Waals surface area contributed by atoms with Gasteiger partial charge in [-0.1, -0.05) is 30.9 Å². The van der Waals surface area contributed by atoms with Crippen LogP contribution in [0.5, 0.6) is 11.5 Å². The van der Waals surface area contributed by atoms with E-state index in [0.29, 0.717) is 54.1 Å². The van der Waals surface area contributed by atoms with E-state index in [0.717, 1.165) is 25.4 Å². The van der Waals surface area contributed by atoms with Gasteiger partial charge in [0, 0.05) is 37.0 Å². The molecule has 9 heteroatoms. The minimum atomic E-state index is -0.126. The summed E-state index contributed by atoms with van der Waals surface area (Å²) in [6.45, 7) is 8.71. The molecule has 2 heterocycles. The molecule has 0 aromatic heterocycles. The second-order valence-corrected chi connectivity index (χ2v) is 9.47. The van der Waals surface area contributed by atoms with Crippen LogP contribution >= 0.6 is 0 Å². The summed E-state index contributed by atoms with van der Waals surface area (Å²) < 4.78 is 11.0. The summed E-state index contributed by atoms with van der Waals surface area (Å²) in [7, 11) is 0. The third-order valence-corrected chi connectivity index (χ3v) is 6.45. The van der Waals surface area contributed by atoms with Gasteiger partial charge < -0.3 is 30.7 Å². The summed E-state index contributed by atoms with van der Waals surface area (Å²) >= 11 is 0. The van der Waals surface area contributed by atoms with Crippen molar-refractivity contribution in [1.29, 1.82) is 5.41 Å². The number of carbonyl (C=O) groups excluding carboxylic acids is 1. The van der Waals surface area contributed by atoms with Crippen LogP contribution < -0.4 is 21.1 Å². The molecule has 5 N–H and O–H groups in total. The molecule has 0 saturated carbocycles. The van der Waals surface area contributed by atoms with Gasteiger partial charge in [-0.25, -0.2) is 0 Å². The summed E-state index contributed by atoms with van der Waals surface area (Å²) in [4.78, 5) is 19.3. The van der Waals surface area contributed by atoms with E-state index in [1.165, 1.54) is 6.20 Å². The number of carbonyl (C=O) groups is 1. The number of nitrogens with zero attached hydrogens (tertiary/aromatic N) is 2. The first-order valence-corrected chi connectivity index (χ1v) is 13.1. The smallest absolute Gasteiger partial charge is 0.246 e. The molecule has 0 aliphatic carbocycles. The Morgan fingerprint density at radius 2 is 1.92 bits per heavy atom. The standard InChI is InChI=1S/C30H36N6O3/c1-3-33-30(35-23-15-17-36(18-23)27(37)10-7-16-34-24-19-38-20-24)28(21(2)31)29(32)22-11-13-26(14-12-22)39-25-8-5-4-6-9-25/h3-14,23-24,32,34H,1,15-20,31H2,2H3,(H,33,35)/b10-7+,28-21+,32-29?. The number of nitrogens with two attached hydrogens (primary N) is 1. The first-order valence-electron chi connectivity index (χ1n) is 13.1. The topological polar surface area (TPSA) is 125 Å². The highest BCUT2D eigenvalue weighted by atomic mass is 16.5. The largest absolute Gasteiger partial charge is 0.457 e. The Morgan fingerprint density at radius 1 is 1.21 bits per heavy atom. The van der Waals surface area contributed by atoms with Crippen LogP contribution in [0.4, 0.5) is 0 Å². The Labute approximate surface area is 229 Å². The van der Waals surface area contributed by atoms with Gasteiger partial charge in [-0.3, -0.25) is 15.2 Å². The predicted molar refractivity (Wildman–Crippen MR) is 154 cm³/mol. The molecule has 9 nitrogen and oxygen atoms in total. The number of allylic oxidation sites excluding steroid dienone is 1. The van der Waals surface area contributed by atoms with Crippen LogP contribution in [0.15, 0.2) is 95.8 Å². The lowest BCUT2D eigenvalue weighted by molar-refractivity contribution is -0.125. The van der Waals surface area contributed by atoms with Crippen LogP contribution in [-0.4, -0.2) is 67.3 Å². The molecule has 0 radical (unpaired) electrons. The predicted octanol–water partition coefficient (Wildman–Crippen LogP) is 3.36. The molecular weight excluding hydrogens is 492 g/mol. The molecule has 4 rings (SSSR count). The number of benzene rings is 2. The van der Waals surface area contributed by atoms with Gasteiger partial charge in [-0.05, 0) is 55.9 Å². The third kappa shape index (κ3) is 7.66. The lowest BCUT2D eigenvalue weighted by atomic mass is 9.99. The zero-order valence-electron chi connectivity index (χ0n) is 22.2. The maximum Gasteiger partial charge on any atom is 0.246 e. The van der Waals surface area contributed by atoms with E-state index in [9.17, 15) is 4.79 Å². The lowest BCUT2D eigenvalue weighted by Crippen LogP contribution is -2.45. The average Bonchev–Trinajstić information content (AvgIpc) is 3.37. The molecule has 1 amide bonds. The number of hydrogen-bond donors (Lipinski definition) is 4. The molecule has 2 fully saturated rings. The van der Waals surface area contributed by atoms with Crippen LogP contribution in [0, 0.1) is 5.41 Å². The number of rotatable bonds is 11. The van der Waals surface area contributed by atoms with E-state index >= 15 is 0 Å². The number of amides is 1. The zero-order valence-corrected chi connectivity index (χ0v) is 22.2. The van der Waals surface area contributed by atoms with E-state index in [2.05, 4.69) is 17.2 Å². The number of likely N-dealkylation sites (tertiary alicyclic amines) is 1. The fraction of sp³-hybridized carbons (Fsp3) is 0.300. The molecule has 2 aromatic carbocycles. The number of hydrogen-bond acceptors (Lipinski definition) is 7. The lowest BCUT2D eigenvalue weighted by Gasteiger charge is -2.26. The van der Waals surface area contributed by atoms with Crippen molar-refractivity contribution in [1.82, 2.24) is 15.5 Å². The fourth-order valence-corrected chi connectivity index (χ4v) is 4.31. The SMILES string of the molecule is C=CNC(=NC1CCN(C(=O)/C=C/CNC2COC2)C1)/C(C(=N)c1ccc(Oc2ccccc2)cc1)=C(\C)N. The van der Waals surface area contributed by atoms with Crippen LogP contribution in [0.3, 0.4) is 0 Å². The molecule has 1 atom stereocenters. The van der Waals surface area contributed by atoms with Crippen molar-refractivity contribution in [3.63, 3.8) is 0 Å². The minimum Gasteiger partial charge on any atom is -0.457 e. The molecule has 2 aliphatic heterocycles. The van der Waals surface area contributed by atoms with Crippen LogP contribution in [0.1, 0.15) is 18.9 Å². The quantitative estimate of drug-likeness (QED) is 0.201. The van der Waals surface area contributed by atoms with Crippen molar-refractivity contribution < 1.29 is 14.3 Å². The first-order chi connectivity index (χ1) is 18.9. The van der Waals surface area contributed by atoms with Crippen molar-refractivity contribution in [2.75, 3.05) is 32.8 Å². The Bertz CT molecular complexity index is 1250. The zero-order chi connectivity index (χ0) is 27.6. The van der Waals surface area contributed by atoms with Crippen molar-refractivity contribution in [2.24, 2.45) is 10.7 Å². The Kier molecular flexibility index (Phi) is 9.66. The van der Waals surface area contributed by atoms with Gasteiger partial charge in [0.25, 0.3) is 0 Å². The molecular formula is C30H36N6O3. The molecule has 39 heavy (non-hydrogen) atoms. The van der Waals surface area contributed by atoms with E-state index in [4.69, 9.17) is 25.6 Å². The molecule has 2 aromatic rings. The van der Waals surface area contributed by atoms with Crippen LogP contribution in [0.2, 0.25) is 0 Å². The van der Waals surface area contributed by atoms with Crippen LogP contribution in [0.25, 0.3) is 0 Å². The maximum atomic E-state index is 12.6. The summed E-state index contributed by atoms with van der Waals surface area (Å²) in [6, 6.07) is 17.1.